The van der Waals surface area contributed by atoms with Crippen LogP contribution in [-0.4, -0.2) is 0 Å². The van der Waals surface area contributed by atoms with Gasteiger partial charge in [0.1, 0.15) is 5.58 Å². The van der Waals surface area contributed by atoms with E-state index in [2.05, 4.69) is 12.6 Å². The van der Waals surface area contributed by atoms with Crippen LogP contribution in [0.25, 0.3) is 11.0 Å². The largest absolute Gasteiger partial charge is 0.423 e. The summed E-state index contributed by atoms with van der Waals surface area (Å²) in [4.78, 5) is 11.7. The highest BCUT2D eigenvalue weighted by molar-refractivity contribution is 7.80. The van der Waals surface area contributed by atoms with Gasteiger partial charge in [0.2, 0.25) is 0 Å². The van der Waals surface area contributed by atoms with Crippen LogP contribution < -0.4 is 5.63 Å². The molecular weight excluding hydrogens is 184 g/mol. The predicted molar refractivity (Wildman–Crippen MR) is 54.5 cm³/mol. The van der Waals surface area contributed by atoms with E-state index in [0.717, 1.165) is 10.9 Å². The Morgan fingerprint density at radius 1 is 1.31 bits per heavy atom. The molecule has 2 rings (SSSR count). The maximum Gasteiger partial charge on any atom is 0.337 e. The van der Waals surface area contributed by atoms with Gasteiger partial charge in [-0.3, -0.25) is 0 Å². The number of fused-ring (bicyclic) bond motifs is 1. The maximum atomic E-state index is 11.0. The van der Waals surface area contributed by atoms with Crippen LogP contribution in [0.15, 0.2) is 38.4 Å². The highest BCUT2D eigenvalue weighted by Gasteiger charge is 2.01. The molecule has 0 aliphatic heterocycles. The van der Waals surface area contributed by atoms with Crippen molar-refractivity contribution in [1.29, 1.82) is 0 Å². The van der Waals surface area contributed by atoms with Crippen molar-refractivity contribution < 1.29 is 4.42 Å². The second-order valence-electron chi connectivity index (χ2n) is 2.95. The fraction of sp³-hybridized carbons (Fsp3) is 0.100. The predicted octanol–water partition coefficient (Wildman–Crippen LogP) is 2.39. The van der Waals surface area contributed by atoms with Crippen LogP contribution in [0.1, 0.15) is 5.56 Å². The number of hydrogen-bond acceptors (Lipinski definition) is 3. The van der Waals surface area contributed by atoms with Crippen LogP contribution in [0, 0.1) is 6.92 Å². The van der Waals surface area contributed by atoms with Gasteiger partial charge in [-0.2, -0.15) is 0 Å². The Morgan fingerprint density at radius 3 is 2.85 bits per heavy atom. The first-order chi connectivity index (χ1) is 6.16. The average molecular weight is 192 g/mol. The lowest BCUT2D eigenvalue weighted by molar-refractivity contribution is 0.557. The molecule has 0 saturated heterocycles. The minimum Gasteiger partial charge on any atom is -0.423 e. The molecule has 0 spiro atoms. The van der Waals surface area contributed by atoms with Gasteiger partial charge < -0.3 is 4.42 Å². The molecule has 0 saturated carbocycles. The molecule has 2 nitrogen and oxygen atoms in total. The Hall–Kier alpha value is -1.22. The van der Waals surface area contributed by atoms with Crippen molar-refractivity contribution in [2.45, 2.75) is 11.8 Å². The second kappa shape index (κ2) is 2.92. The first-order valence-corrected chi connectivity index (χ1v) is 4.35. The van der Waals surface area contributed by atoms with E-state index in [9.17, 15) is 4.79 Å². The molecule has 0 amide bonds. The van der Waals surface area contributed by atoms with Crippen LogP contribution in [0.4, 0.5) is 0 Å². The lowest BCUT2D eigenvalue weighted by Gasteiger charge is -1.99. The minimum absolute atomic E-state index is 0.358. The normalized spacial score (nSPS) is 10.6. The second-order valence-corrected chi connectivity index (χ2v) is 3.43. The van der Waals surface area contributed by atoms with E-state index in [1.54, 1.807) is 0 Å². The summed E-state index contributed by atoms with van der Waals surface area (Å²) in [5.74, 6) is 0. The van der Waals surface area contributed by atoms with Gasteiger partial charge in [0, 0.05) is 16.3 Å². The molecule has 0 unspecified atom stereocenters. The van der Waals surface area contributed by atoms with Crippen molar-refractivity contribution in [1.82, 2.24) is 0 Å². The Labute approximate surface area is 80.6 Å². The monoisotopic (exact) mass is 192 g/mol. The fourth-order valence-corrected chi connectivity index (χ4v) is 1.54. The van der Waals surface area contributed by atoms with Crippen molar-refractivity contribution in [3.05, 3.63) is 40.2 Å². The Bertz CT molecular complexity index is 514. The first kappa shape index (κ1) is 8.38. The molecule has 0 bridgehead atoms. The topological polar surface area (TPSA) is 30.2 Å². The van der Waals surface area contributed by atoms with E-state index in [0.29, 0.717) is 10.5 Å². The molecule has 1 aromatic carbocycles. The molecule has 0 aliphatic rings. The summed E-state index contributed by atoms with van der Waals surface area (Å²) in [5.41, 5.74) is 1.30. The Balaban J connectivity index is 2.94. The van der Waals surface area contributed by atoms with Crippen LogP contribution in [-0.2, 0) is 0 Å². The van der Waals surface area contributed by atoms with Crippen molar-refractivity contribution in [2.75, 3.05) is 0 Å². The van der Waals surface area contributed by atoms with Crippen molar-refractivity contribution in [3.8, 4) is 0 Å². The van der Waals surface area contributed by atoms with Crippen molar-refractivity contribution in [2.24, 2.45) is 0 Å². The van der Waals surface area contributed by atoms with Crippen LogP contribution >= 0.6 is 12.6 Å². The number of rotatable bonds is 0. The van der Waals surface area contributed by atoms with E-state index in [4.69, 9.17) is 4.42 Å². The fourth-order valence-electron chi connectivity index (χ4n) is 1.25. The van der Waals surface area contributed by atoms with Crippen molar-refractivity contribution in [3.63, 3.8) is 0 Å². The van der Waals surface area contributed by atoms with E-state index in [1.165, 1.54) is 6.07 Å². The molecule has 66 valence electrons. The standard InChI is InChI=1S/C10H8O2S/c1-6-2-3-7-8(4-6)12-10(11)5-9(7)13/h2-5,13H,1H3. The molecule has 1 heterocycles. The van der Waals surface area contributed by atoms with Crippen LogP contribution in [0.2, 0.25) is 0 Å². The number of hydrogen-bond donors (Lipinski definition) is 1. The third-order valence-electron chi connectivity index (χ3n) is 1.88. The number of thiol groups is 1. The molecule has 0 fully saturated rings. The first-order valence-electron chi connectivity index (χ1n) is 3.90. The third kappa shape index (κ3) is 1.47. The summed E-state index contributed by atoms with van der Waals surface area (Å²) in [5, 5.41) is 0.869. The number of aryl methyl sites for hydroxylation is 1. The molecule has 3 heteroatoms. The number of benzene rings is 1. The van der Waals surface area contributed by atoms with Crippen LogP contribution in [0.5, 0.6) is 0 Å². The SMILES string of the molecule is Cc1ccc2c(S)cc(=O)oc2c1. The van der Waals surface area contributed by atoms with Gasteiger partial charge in [-0.15, -0.1) is 12.6 Å². The van der Waals surface area contributed by atoms with Gasteiger partial charge >= 0.3 is 5.63 Å². The minimum atomic E-state index is -0.358. The Kier molecular flexibility index (Phi) is 1.88. The smallest absolute Gasteiger partial charge is 0.337 e. The quantitative estimate of drug-likeness (QED) is 0.513. The van der Waals surface area contributed by atoms with Gasteiger partial charge in [0.05, 0.1) is 0 Å². The summed E-state index contributed by atoms with van der Waals surface area (Å²) >= 11 is 4.19. The highest BCUT2D eigenvalue weighted by Crippen LogP contribution is 2.20. The summed E-state index contributed by atoms with van der Waals surface area (Å²) in [7, 11) is 0. The summed E-state index contributed by atoms with van der Waals surface area (Å²) in [6, 6.07) is 7.06. The summed E-state index contributed by atoms with van der Waals surface area (Å²) < 4.78 is 5.02. The van der Waals surface area contributed by atoms with E-state index in [-0.39, 0.29) is 5.63 Å². The molecule has 0 aliphatic carbocycles. The van der Waals surface area contributed by atoms with Gasteiger partial charge in [-0.1, -0.05) is 6.07 Å². The lowest BCUT2D eigenvalue weighted by atomic mass is 10.2. The van der Waals surface area contributed by atoms with Crippen LogP contribution in [0.3, 0.4) is 0 Å². The van der Waals surface area contributed by atoms with E-state index < -0.39 is 0 Å². The lowest BCUT2D eigenvalue weighted by Crippen LogP contribution is -1.96. The Morgan fingerprint density at radius 2 is 2.08 bits per heavy atom. The molecule has 2 aromatic rings. The van der Waals surface area contributed by atoms with Crippen molar-refractivity contribution >= 4 is 23.6 Å². The van der Waals surface area contributed by atoms with Gasteiger partial charge in [-0.25, -0.2) is 4.79 Å². The van der Waals surface area contributed by atoms with E-state index in [1.807, 2.05) is 25.1 Å². The van der Waals surface area contributed by atoms with Gasteiger partial charge in [-0.05, 0) is 24.6 Å². The molecule has 0 N–H and O–H groups in total. The molecule has 1 aromatic heterocycles. The van der Waals surface area contributed by atoms with Gasteiger partial charge in [0.15, 0.2) is 0 Å². The zero-order valence-electron chi connectivity index (χ0n) is 7.07. The summed E-state index contributed by atoms with van der Waals surface area (Å²) in [6.07, 6.45) is 0. The molecule has 0 radical (unpaired) electrons. The summed E-state index contributed by atoms with van der Waals surface area (Å²) in [6.45, 7) is 1.95. The highest BCUT2D eigenvalue weighted by atomic mass is 32.1. The zero-order valence-corrected chi connectivity index (χ0v) is 7.97. The molecule has 13 heavy (non-hydrogen) atoms. The van der Waals surface area contributed by atoms with Gasteiger partial charge in [0.25, 0.3) is 0 Å². The average Bonchev–Trinajstić information content (AvgIpc) is 2.02. The zero-order chi connectivity index (χ0) is 9.42. The van der Waals surface area contributed by atoms with E-state index >= 15 is 0 Å². The third-order valence-corrected chi connectivity index (χ3v) is 2.25. The molecular formula is C10H8O2S. The molecule has 0 atom stereocenters. The maximum absolute atomic E-state index is 11.0.